The van der Waals surface area contributed by atoms with E-state index >= 15 is 0 Å². The van der Waals surface area contributed by atoms with E-state index in [9.17, 15) is 0 Å². The van der Waals surface area contributed by atoms with E-state index in [-0.39, 0.29) is 0 Å². The van der Waals surface area contributed by atoms with Gasteiger partial charge in [0, 0.05) is 19.5 Å². The lowest BCUT2D eigenvalue weighted by Crippen LogP contribution is -1.71. The minimum Gasteiger partial charge on any atom is -0.143 e. The van der Waals surface area contributed by atoms with Crippen molar-refractivity contribution in [2.24, 2.45) is 0 Å². The molecule has 5 rings (SSSR count). The first-order valence-electron chi connectivity index (χ1n) is 7.48. The number of nitrogens with zero attached hydrogens (tertiary/aromatic N) is 2. The Bertz CT molecular complexity index is 1010. The van der Waals surface area contributed by atoms with Crippen molar-refractivity contribution in [3.8, 4) is 39.3 Å². The van der Waals surface area contributed by atoms with E-state index in [0.717, 1.165) is 10.0 Å². The van der Waals surface area contributed by atoms with Crippen molar-refractivity contribution in [1.29, 1.82) is 0 Å². The highest BCUT2D eigenvalue weighted by molar-refractivity contribution is 7.29. The highest BCUT2D eigenvalue weighted by Gasteiger charge is 2.14. The number of rotatable bonds is 4. The lowest BCUT2D eigenvalue weighted by molar-refractivity contribution is 1.11. The first kappa shape index (κ1) is 15.6. The molecule has 0 unspecified atom stereocenters. The number of thiophene rings is 4. The van der Waals surface area contributed by atoms with Crippen molar-refractivity contribution in [2.75, 3.05) is 0 Å². The molecule has 5 aromatic heterocycles. The monoisotopic (exact) mass is 414 g/mol. The molecule has 0 spiro atoms. The maximum absolute atomic E-state index is 4.42. The molecular formula is C18H10N2S5. The van der Waals surface area contributed by atoms with E-state index in [1.165, 1.54) is 29.3 Å². The third-order valence-electron chi connectivity index (χ3n) is 3.59. The van der Waals surface area contributed by atoms with Gasteiger partial charge in [-0.25, -0.2) is 0 Å². The molecule has 0 aliphatic rings. The summed E-state index contributed by atoms with van der Waals surface area (Å²) in [6.07, 6.45) is 0. The zero-order valence-corrected chi connectivity index (χ0v) is 16.8. The number of hydrogen-bond donors (Lipinski definition) is 0. The van der Waals surface area contributed by atoms with Crippen LogP contribution in [-0.2, 0) is 0 Å². The Morgan fingerprint density at radius 3 is 1.40 bits per heavy atom. The first-order valence-corrected chi connectivity index (χ1v) is 11.7. The Labute approximate surface area is 164 Å². The largest absolute Gasteiger partial charge is 0.158 e. The average molecular weight is 415 g/mol. The summed E-state index contributed by atoms with van der Waals surface area (Å²) < 4.78 is 0. The number of hydrogen-bond acceptors (Lipinski definition) is 7. The summed E-state index contributed by atoms with van der Waals surface area (Å²) in [7, 11) is 0. The highest BCUT2D eigenvalue weighted by Crippen LogP contribution is 2.41. The third-order valence-corrected chi connectivity index (χ3v) is 9.15. The molecule has 0 aliphatic carbocycles. The van der Waals surface area contributed by atoms with E-state index in [1.807, 2.05) is 0 Å². The predicted octanol–water partition coefficient (Wildman–Crippen LogP) is 7.45. The van der Waals surface area contributed by atoms with Gasteiger partial charge in [0.2, 0.25) is 0 Å². The molecule has 7 heteroatoms. The van der Waals surface area contributed by atoms with Crippen molar-refractivity contribution in [3.63, 3.8) is 0 Å². The Morgan fingerprint density at radius 1 is 0.480 bits per heavy atom. The van der Waals surface area contributed by atoms with Crippen molar-refractivity contribution < 1.29 is 0 Å². The molecule has 5 aromatic rings. The van der Waals surface area contributed by atoms with E-state index in [2.05, 4.69) is 69.5 Å². The van der Waals surface area contributed by atoms with Crippen molar-refractivity contribution in [3.05, 3.63) is 59.3 Å². The highest BCUT2D eigenvalue weighted by atomic mass is 32.1. The van der Waals surface area contributed by atoms with Crippen LogP contribution in [0.1, 0.15) is 0 Å². The topological polar surface area (TPSA) is 25.8 Å². The van der Waals surface area contributed by atoms with Crippen LogP contribution in [0.2, 0.25) is 0 Å². The Morgan fingerprint density at radius 2 is 0.960 bits per heavy atom. The molecule has 25 heavy (non-hydrogen) atoms. The van der Waals surface area contributed by atoms with Gasteiger partial charge in [0.15, 0.2) is 10.0 Å². The van der Waals surface area contributed by atoms with E-state index in [4.69, 9.17) is 0 Å². The van der Waals surface area contributed by atoms with Gasteiger partial charge in [-0.1, -0.05) is 23.5 Å². The van der Waals surface area contributed by atoms with Gasteiger partial charge in [-0.3, -0.25) is 0 Å². The molecule has 0 N–H and O–H groups in total. The minimum atomic E-state index is 0.994. The molecule has 2 nitrogen and oxygen atoms in total. The quantitative estimate of drug-likeness (QED) is 0.305. The molecule has 0 radical (unpaired) electrons. The Balaban J connectivity index is 1.44. The second-order valence-electron chi connectivity index (χ2n) is 5.19. The van der Waals surface area contributed by atoms with Crippen molar-refractivity contribution >= 4 is 56.7 Å². The van der Waals surface area contributed by atoms with Gasteiger partial charge < -0.3 is 0 Å². The molecule has 0 fully saturated rings. The van der Waals surface area contributed by atoms with Gasteiger partial charge in [0.25, 0.3) is 0 Å². The third kappa shape index (κ3) is 3.02. The molecule has 5 heterocycles. The second-order valence-corrected chi connectivity index (χ2v) is 10.2. The summed E-state index contributed by atoms with van der Waals surface area (Å²) in [5, 5.41) is 15.1. The van der Waals surface area contributed by atoms with Gasteiger partial charge in [0.05, 0.1) is 9.75 Å². The van der Waals surface area contributed by atoms with Gasteiger partial charge >= 0.3 is 0 Å². The van der Waals surface area contributed by atoms with Crippen LogP contribution >= 0.6 is 56.7 Å². The van der Waals surface area contributed by atoms with Gasteiger partial charge in [-0.2, -0.15) is 0 Å². The van der Waals surface area contributed by atoms with E-state index < -0.39 is 0 Å². The first-order chi connectivity index (χ1) is 12.4. The average Bonchev–Trinajstić information content (AvgIpc) is 3.48. The van der Waals surface area contributed by atoms with Gasteiger partial charge in [0.1, 0.15) is 0 Å². The van der Waals surface area contributed by atoms with Crippen LogP contribution in [0, 0.1) is 0 Å². The molecule has 0 saturated heterocycles. The van der Waals surface area contributed by atoms with Crippen LogP contribution < -0.4 is 0 Å². The van der Waals surface area contributed by atoms with Gasteiger partial charge in [-0.05, 0) is 47.2 Å². The SMILES string of the molecule is c1csc(-c2ccc(-c3nnc(-c4ccc(-c5cccs5)s4)s3)s2)c1. The maximum Gasteiger partial charge on any atom is 0.158 e. The fourth-order valence-electron chi connectivity index (χ4n) is 2.43. The molecule has 0 aromatic carbocycles. The van der Waals surface area contributed by atoms with Crippen molar-refractivity contribution in [1.82, 2.24) is 10.2 Å². The van der Waals surface area contributed by atoms with Crippen LogP contribution in [0.4, 0.5) is 0 Å². The Kier molecular flexibility index (Phi) is 4.11. The predicted molar refractivity (Wildman–Crippen MR) is 113 cm³/mol. The zero-order valence-electron chi connectivity index (χ0n) is 12.7. The molecule has 0 atom stereocenters. The lowest BCUT2D eigenvalue weighted by atomic mass is 10.4. The molecule has 0 amide bonds. The fraction of sp³-hybridized carbons (Fsp3) is 0. The normalized spacial score (nSPS) is 11.2. The minimum absolute atomic E-state index is 0.994. The molecule has 0 bridgehead atoms. The molecule has 0 aliphatic heterocycles. The van der Waals surface area contributed by atoms with Crippen LogP contribution in [0.15, 0.2) is 59.3 Å². The fourth-order valence-corrected chi connectivity index (χ4v) is 7.05. The van der Waals surface area contributed by atoms with Crippen LogP contribution in [0.3, 0.4) is 0 Å². The van der Waals surface area contributed by atoms with E-state index in [0.29, 0.717) is 0 Å². The van der Waals surface area contributed by atoms with E-state index in [1.54, 1.807) is 56.7 Å². The van der Waals surface area contributed by atoms with Gasteiger partial charge in [-0.15, -0.1) is 55.5 Å². The standard InChI is InChI=1S/C18H10N2S5/c1-3-11(21-9-1)13-5-7-15(23-13)17-19-20-18(25-17)16-8-6-14(24-16)12-4-2-10-22-12/h1-10H. The van der Waals surface area contributed by atoms with Crippen LogP contribution in [0.25, 0.3) is 39.3 Å². The lowest BCUT2D eigenvalue weighted by Gasteiger charge is -1.89. The molecular weight excluding hydrogens is 405 g/mol. The van der Waals surface area contributed by atoms with Crippen LogP contribution in [0.5, 0.6) is 0 Å². The maximum atomic E-state index is 4.42. The van der Waals surface area contributed by atoms with Crippen molar-refractivity contribution in [2.45, 2.75) is 0 Å². The zero-order chi connectivity index (χ0) is 16.6. The summed E-state index contributed by atoms with van der Waals surface area (Å²) in [6.45, 7) is 0. The molecule has 0 saturated carbocycles. The second kappa shape index (κ2) is 6.59. The smallest absolute Gasteiger partial charge is 0.143 e. The molecule has 122 valence electrons. The number of aromatic nitrogens is 2. The Hall–Kier alpha value is -1.64. The van der Waals surface area contributed by atoms with Crippen LogP contribution in [-0.4, -0.2) is 10.2 Å². The summed E-state index contributed by atoms with van der Waals surface area (Å²) in [6, 6.07) is 17.1. The summed E-state index contributed by atoms with van der Waals surface area (Å²) >= 11 is 8.76. The summed E-state index contributed by atoms with van der Waals surface area (Å²) in [5.74, 6) is 0. The summed E-state index contributed by atoms with van der Waals surface area (Å²) in [5.41, 5.74) is 0. The summed E-state index contributed by atoms with van der Waals surface area (Å²) in [4.78, 5) is 7.56.